The number of thiophene rings is 1. The van der Waals surface area contributed by atoms with E-state index in [9.17, 15) is 0 Å². The highest BCUT2D eigenvalue weighted by molar-refractivity contribution is 9.10. The van der Waals surface area contributed by atoms with Crippen LogP contribution in [0.1, 0.15) is 18.2 Å². The summed E-state index contributed by atoms with van der Waals surface area (Å²) in [5, 5.41) is 5.43. The van der Waals surface area contributed by atoms with Crippen molar-refractivity contribution in [3.63, 3.8) is 0 Å². The van der Waals surface area contributed by atoms with Crippen LogP contribution in [0.15, 0.2) is 28.2 Å². The molecule has 0 amide bonds. The van der Waals surface area contributed by atoms with E-state index < -0.39 is 0 Å². The second-order valence-corrected chi connectivity index (χ2v) is 5.95. The topological polar surface area (TPSA) is 37.8 Å². The van der Waals surface area contributed by atoms with Crippen LogP contribution < -0.4 is 5.32 Å². The maximum absolute atomic E-state index is 4.68. The van der Waals surface area contributed by atoms with Crippen molar-refractivity contribution < 1.29 is 0 Å². The van der Waals surface area contributed by atoms with Crippen molar-refractivity contribution in [2.75, 3.05) is 13.1 Å². The van der Waals surface area contributed by atoms with Gasteiger partial charge >= 0.3 is 0 Å². The van der Waals surface area contributed by atoms with Crippen LogP contribution in [0.3, 0.4) is 0 Å². The van der Waals surface area contributed by atoms with E-state index in [0.717, 1.165) is 35.5 Å². The van der Waals surface area contributed by atoms with Gasteiger partial charge in [0.25, 0.3) is 0 Å². The molecule has 1 fully saturated rings. The molecule has 1 atom stereocenters. The Hall–Kier alpha value is -0.780. The second-order valence-electron chi connectivity index (χ2n) is 4.12. The lowest BCUT2D eigenvalue weighted by Gasteiger charge is -2.07. The van der Waals surface area contributed by atoms with Gasteiger partial charge in [-0.15, -0.1) is 11.3 Å². The molecule has 1 aliphatic rings. The highest BCUT2D eigenvalue weighted by Gasteiger charge is 2.19. The van der Waals surface area contributed by atoms with Crippen molar-refractivity contribution in [1.82, 2.24) is 15.3 Å². The molecule has 1 N–H and O–H groups in total. The average Bonchev–Trinajstić information content (AvgIpc) is 3.00. The molecule has 1 saturated heterocycles. The van der Waals surface area contributed by atoms with Gasteiger partial charge in [0.05, 0.1) is 10.6 Å². The number of rotatable bonds is 2. The number of hydrogen-bond acceptors (Lipinski definition) is 4. The molecule has 17 heavy (non-hydrogen) atoms. The van der Waals surface area contributed by atoms with Gasteiger partial charge in [-0.1, -0.05) is 0 Å². The SMILES string of the molecule is Brc1csc(-c2ccnc(C3CCNC3)n2)c1. The normalized spacial score (nSPS) is 19.7. The molecule has 1 unspecified atom stereocenters. The third-order valence-corrected chi connectivity index (χ3v) is 4.63. The van der Waals surface area contributed by atoms with E-state index in [2.05, 4.69) is 42.7 Å². The van der Waals surface area contributed by atoms with E-state index >= 15 is 0 Å². The standard InChI is InChI=1S/C12H12BrN3S/c13-9-5-11(17-7-9)10-2-4-15-12(16-10)8-1-3-14-6-8/h2,4-5,7-8,14H,1,3,6H2. The Morgan fingerprint density at radius 1 is 1.47 bits per heavy atom. The molecule has 0 aromatic carbocycles. The van der Waals surface area contributed by atoms with E-state index in [1.807, 2.05) is 12.3 Å². The summed E-state index contributed by atoms with van der Waals surface area (Å²) in [7, 11) is 0. The van der Waals surface area contributed by atoms with Crippen LogP contribution in [-0.4, -0.2) is 23.1 Å². The Balaban J connectivity index is 1.93. The van der Waals surface area contributed by atoms with Crippen LogP contribution >= 0.6 is 27.3 Å². The minimum Gasteiger partial charge on any atom is -0.316 e. The minimum absolute atomic E-state index is 0.471. The van der Waals surface area contributed by atoms with Gasteiger partial charge in [-0.3, -0.25) is 0 Å². The third kappa shape index (κ3) is 2.41. The second kappa shape index (κ2) is 4.84. The van der Waals surface area contributed by atoms with Gasteiger partial charge in [0.1, 0.15) is 5.82 Å². The summed E-state index contributed by atoms with van der Waals surface area (Å²) < 4.78 is 1.11. The van der Waals surface area contributed by atoms with E-state index in [1.165, 1.54) is 4.88 Å². The smallest absolute Gasteiger partial charge is 0.133 e. The van der Waals surface area contributed by atoms with E-state index in [1.54, 1.807) is 11.3 Å². The Morgan fingerprint density at radius 2 is 2.41 bits per heavy atom. The Morgan fingerprint density at radius 3 is 3.12 bits per heavy atom. The number of nitrogens with zero attached hydrogens (tertiary/aromatic N) is 2. The summed E-state index contributed by atoms with van der Waals surface area (Å²) in [6.45, 7) is 2.07. The number of aromatic nitrogens is 2. The van der Waals surface area contributed by atoms with Crippen molar-refractivity contribution in [3.8, 4) is 10.6 Å². The first kappa shape index (κ1) is 11.3. The van der Waals surface area contributed by atoms with Crippen LogP contribution in [0.25, 0.3) is 10.6 Å². The molecule has 2 aromatic heterocycles. The zero-order valence-corrected chi connectivity index (χ0v) is 11.6. The molecule has 5 heteroatoms. The fourth-order valence-electron chi connectivity index (χ4n) is 2.03. The first-order valence-corrected chi connectivity index (χ1v) is 7.28. The molecule has 0 saturated carbocycles. The fraction of sp³-hybridized carbons (Fsp3) is 0.333. The summed E-state index contributed by atoms with van der Waals surface area (Å²) in [5.41, 5.74) is 1.03. The Bertz CT molecular complexity index is 520. The first-order chi connectivity index (χ1) is 8.33. The predicted molar refractivity (Wildman–Crippen MR) is 73.3 cm³/mol. The summed E-state index contributed by atoms with van der Waals surface area (Å²) in [4.78, 5) is 10.3. The molecular weight excluding hydrogens is 298 g/mol. The van der Waals surface area contributed by atoms with Gasteiger partial charge in [-0.05, 0) is 41.0 Å². The Kier molecular flexibility index (Phi) is 3.22. The quantitative estimate of drug-likeness (QED) is 0.926. The van der Waals surface area contributed by atoms with E-state index in [0.29, 0.717) is 5.92 Å². The van der Waals surface area contributed by atoms with Crippen molar-refractivity contribution in [2.24, 2.45) is 0 Å². The van der Waals surface area contributed by atoms with Crippen molar-refractivity contribution in [3.05, 3.63) is 34.0 Å². The van der Waals surface area contributed by atoms with Gasteiger partial charge in [0, 0.05) is 28.5 Å². The molecule has 3 rings (SSSR count). The largest absolute Gasteiger partial charge is 0.316 e. The molecule has 0 radical (unpaired) electrons. The lowest BCUT2D eigenvalue weighted by molar-refractivity contribution is 0.703. The molecule has 3 nitrogen and oxygen atoms in total. The predicted octanol–water partition coefficient (Wildman–Crippen LogP) is 3.04. The van der Waals surface area contributed by atoms with Crippen molar-refractivity contribution in [1.29, 1.82) is 0 Å². The number of nitrogens with one attached hydrogen (secondary N) is 1. The van der Waals surface area contributed by atoms with Gasteiger partial charge in [-0.2, -0.15) is 0 Å². The molecule has 0 spiro atoms. The highest BCUT2D eigenvalue weighted by Crippen LogP contribution is 2.29. The van der Waals surface area contributed by atoms with Crippen molar-refractivity contribution >= 4 is 27.3 Å². The number of hydrogen-bond donors (Lipinski definition) is 1. The molecule has 3 heterocycles. The molecule has 2 aromatic rings. The lowest BCUT2D eigenvalue weighted by atomic mass is 10.1. The van der Waals surface area contributed by atoms with Crippen LogP contribution in [0.2, 0.25) is 0 Å². The van der Waals surface area contributed by atoms with Crippen LogP contribution in [0.4, 0.5) is 0 Å². The lowest BCUT2D eigenvalue weighted by Crippen LogP contribution is -2.10. The van der Waals surface area contributed by atoms with Crippen LogP contribution in [0, 0.1) is 0 Å². The van der Waals surface area contributed by atoms with E-state index in [4.69, 9.17) is 0 Å². The zero-order chi connectivity index (χ0) is 11.7. The van der Waals surface area contributed by atoms with E-state index in [-0.39, 0.29) is 0 Å². The molecule has 88 valence electrons. The van der Waals surface area contributed by atoms with Gasteiger partial charge in [0.2, 0.25) is 0 Å². The molecule has 1 aliphatic heterocycles. The summed E-state index contributed by atoms with van der Waals surface area (Å²) in [5.74, 6) is 1.44. The first-order valence-electron chi connectivity index (χ1n) is 5.61. The Labute approximate surface area is 112 Å². The molecule has 0 bridgehead atoms. The summed E-state index contributed by atoms with van der Waals surface area (Å²) in [6.07, 6.45) is 3.00. The highest BCUT2D eigenvalue weighted by atomic mass is 79.9. The van der Waals surface area contributed by atoms with Gasteiger partial charge < -0.3 is 5.32 Å². The molecular formula is C12H12BrN3S. The van der Waals surface area contributed by atoms with Crippen molar-refractivity contribution in [2.45, 2.75) is 12.3 Å². The molecule has 0 aliphatic carbocycles. The van der Waals surface area contributed by atoms with Gasteiger partial charge in [0.15, 0.2) is 0 Å². The van der Waals surface area contributed by atoms with Crippen LogP contribution in [0.5, 0.6) is 0 Å². The minimum atomic E-state index is 0.471. The maximum Gasteiger partial charge on any atom is 0.133 e. The van der Waals surface area contributed by atoms with Gasteiger partial charge in [-0.25, -0.2) is 9.97 Å². The average molecular weight is 310 g/mol. The van der Waals surface area contributed by atoms with Crippen LogP contribution in [-0.2, 0) is 0 Å². The summed E-state index contributed by atoms with van der Waals surface area (Å²) >= 11 is 5.17. The summed E-state index contributed by atoms with van der Waals surface area (Å²) in [6, 6.07) is 4.08. The fourth-order valence-corrected chi connectivity index (χ4v) is 3.43. The third-order valence-electron chi connectivity index (χ3n) is 2.92. The monoisotopic (exact) mass is 309 g/mol. The maximum atomic E-state index is 4.68. The zero-order valence-electron chi connectivity index (χ0n) is 9.19. The number of halogens is 1.